The van der Waals surface area contributed by atoms with E-state index in [0.29, 0.717) is 10.2 Å². The second kappa shape index (κ2) is 7.68. The zero-order valence-electron chi connectivity index (χ0n) is 12.9. The van der Waals surface area contributed by atoms with Crippen molar-refractivity contribution >= 4 is 39.5 Å². The highest BCUT2D eigenvalue weighted by Gasteiger charge is 2.17. The van der Waals surface area contributed by atoms with E-state index in [0.717, 1.165) is 0 Å². The van der Waals surface area contributed by atoms with Crippen LogP contribution in [0, 0.1) is 0 Å². The van der Waals surface area contributed by atoms with E-state index in [-0.39, 0.29) is 28.0 Å². The summed E-state index contributed by atoms with van der Waals surface area (Å²) in [4.78, 5) is 23.5. The molecule has 0 aliphatic heterocycles. The quantitative estimate of drug-likeness (QED) is 0.563. The fourth-order valence-corrected chi connectivity index (χ4v) is 2.54. The molecule has 0 saturated carbocycles. The number of hydrogen-bond donors (Lipinski definition) is 1. The lowest BCUT2D eigenvalue weighted by atomic mass is 10.2. The number of carbonyl (C=O) groups excluding carboxylic acids is 1. The lowest BCUT2D eigenvalue weighted by Crippen LogP contribution is -2.12. The predicted molar refractivity (Wildman–Crippen MR) is 93.3 cm³/mol. The van der Waals surface area contributed by atoms with Crippen LogP contribution in [0.2, 0.25) is 5.02 Å². The number of halogens is 2. The van der Waals surface area contributed by atoms with Gasteiger partial charge in [0, 0.05) is 5.02 Å². The Morgan fingerprint density at radius 1 is 1.12 bits per heavy atom. The average Bonchev–Trinajstić information content (AvgIpc) is 2.50. The van der Waals surface area contributed by atoms with E-state index >= 15 is 0 Å². The number of carboxylic acids is 1. The highest BCUT2D eigenvalue weighted by atomic mass is 79.9. The van der Waals surface area contributed by atoms with Gasteiger partial charge >= 0.3 is 11.9 Å². The minimum Gasteiger partial charge on any atom is -0.490 e. The molecule has 0 saturated heterocycles. The van der Waals surface area contributed by atoms with Crippen LogP contribution in [0.25, 0.3) is 0 Å². The molecule has 2 rings (SSSR count). The number of carboxylic acid groups (broad SMARTS) is 1. The van der Waals surface area contributed by atoms with Crippen molar-refractivity contribution in [1.82, 2.24) is 0 Å². The van der Waals surface area contributed by atoms with Crippen LogP contribution in [0.5, 0.6) is 11.5 Å². The molecule has 126 valence electrons. The number of hydrogen-bond acceptors (Lipinski definition) is 4. The van der Waals surface area contributed by atoms with Gasteiger partial charge in [-0.25, -0.2) is 9.59 Å². The molecule has 5 nitrogen and oxygen atoms in total. The Kier molecular flexibility index (Phi) is 5.85. The molecule has 2 aromatic rings. The van der Waals surface area contributed by atoms with Crippen molar-refractivity contribution in [2.24, 2.45) is 0 Å². The molecule has 24 heavy (non-hydrogen) atoms. The SMILES string of the molecule is CC(C)Oc1ccc(C(=O)Oc2ccc(Cl)cc2C(=O)O)cc1Br. The van der Waals surface area contributed by atoms with Crippen LogP contribution in [0.1, 0.15) is 34.6 Å². The van der Waals surface area contributed by atoms with E-state index in [4.69, 9.17) is 26.2 Å². The molecule has 0 aromatic heterocycles. The third-order valence-corrected chi connectivity index (χ3v) is 3.76. The zero-order chi connectivity index (χ0) is 17.9. The lowest BCUT2D eigenvalue weighted by Gasteiger charge is -2.12. The Morgan fingerprint density at radius 2 is 1.79 bits per heavy atom. The van der Waals surface area contributed by atoms with Crippen LogP contribution in [-0.4, -0.2) is 23.1 Å². The number of carbonyl (C=O) groups is 2. The first-order valence-electron chi connectivity index (χ1n) is 6.99. The van der Waals surface area contributed by atoms with Crippen molar-refractivity contribution in [2.45, 2.75) is 20.0 Å². The standard InChI is InChI=1S/C17H14BrClO5/c1-9(2)23-15-5-3-10(7-13(15)18)17(22)24-14-6-4-11(19)8-12(14)16(20)21/h3-9H,1-2H3,(H,20,21). The van der Waals surface area contributed by atoms with E-state index in [2.05, 4.69) is 15.9 Å². The Bertz CT molecular complexity index is 789. The third kappa shape index (κ3) is 4.49. The molecule has 0 radical (unpaired) electrons. The summed E-state index contributed by atoms with van der Waals surface area (Å²) in [5, 5.41) is 9.40. The van der Waals surface area contributed by atoms with Gasteiger partial charge in [0.1, 0.15) is 17.1 Å². The molecule has 0 bridgehead atoms. The highest BCUT2D eigenvalue weighted by molar-refractivity contribution is 9.10. The van der Waals surface area contributed by atoms with E-state index in [9.17, 15) is 9.59 Å². The van der Waals surface area contributed by atoms with Gasteiger partial charge in [0.25, 0.3) is 0 Å². The molecule has 0 atom stereocenters. The van der Waals surface area contributed by atoms with Crippen molar-refractivity contribution in [3.05, 3.63) is 57.0 Å². The van der Waals surface area contributed by atoms with Gasteiger partial charge in [-0.2, -0.15) is 0 Å². The van der Waals surface area contributed by atoms with Crippen LogP contribution < -0.4 is 9.47 Å². The number of ether oxygens (including phenoxy) is 2. The summed E-state index contributed by atoms with van der Waals surface area (Å²) in [5.74, 6) is -1.39. The van der Waals surface area contributed by atoms with Gasteiger partial charge in [0.2, 0.25) is 0 Å². The maximum atomic E-state index is 12.2. The Labute approximate surface area is 152 Å². The molecule has 2 aromatic carbocycles. The van der Waals surface area contributed by atoms with Gasteiger partial charge in [-0.05, 0) is 66.2 Å². The van der Waals surface area contributed by atoms with Gasteiger partial charge in [0.15, 0.2) is 0 Å². The average molecular weight is 414 g/mol. The molecule has 0 spiro atoms. The van der Waals surface area contributed by atoms with Crippen molar-refractivity contribution < 1.29 is 24.2 Å². The number of benzene rings is 2. The normalized spacial score (nSPS) is 10.5. The number of esters is 1. The fourth-order valence-electron chi connectivity index (χ4n) is 1.89. The van der Waals surface area contributed by atoms with Crippen LogP contribution in [0.3, 0.4) is 0 Å². The maximum Gasteiger partial charge on any atom is 0.343 e. The first-order chi connectivity index (χ1) is 11.3. The summed E-state index contributed by atoms with van der Waals surface area (Å²) in [6, 6.07) is 8.75. The molecule has 1 N–H and O–H groups in total. The Morgan fingerprint density at radius 3 is 2.38 bits per heavy atom. The molecule has 0 unspecified atom stereocenters. The summed E-state index contributed by atoms with van der Waals surface area (Å²) in [5.41, 5.74) is 0.0685. The van der Waals surface area contributed by atoms with Gasteiger partial charge < -0.3 is 14.6 Å². The first kappa shape index (κ1) is 18.3. The van der Waals surface area contributed by atoms with Crippen molar-refractivity contribution in [2.75, 3.05) is 0 Å². The largest absolute Gasteiger partial charge is 0.490 e. The summed E-state index contributed by atoms with van der Waals surface area (Å²) in [7, 11) is 0. The summed E-state index contributed by atoms with van der Waals surface area (Å²) < 4.78 is 11.4. The van der Waals surface area contributed by atoms with E-state index in [1.54, 1.807) is 18.2 Å². The molecular weight excluding hydrogens is 400 g/mol. The molecule has 0 heterocycles. The topological polar surface area (TPSA) is 72.8 Å². The van der Waals surface area contributed by atoms with Crippen molar-refractivity contribution in [3.63, 3.8) is 0 Å². The fraction of sp³-hybridized carbons (Fsp3) is 0.176. The van der Waals surface area contributed by atoms with Gasteiger partial charge in [-0.1, -0.05) is 11.6 Å². The van der Waals surface area contributed by atoms with Crippen LogP contribution in [-0.2, 0) is 0 Å². The van der Waals surface area contributed by atoms with Gasteiger partial charge in [-0.3, -0.25) is 0 Å². The predicted octanol–water partition coefficient (Wildman–Crippen LogP) is 4.81. The molecule has 0 fully saturated rings. The minimum atomic E-state index is -1.23. The van der Waals surface area contributed by atoms with Crippen LogP contribution in [0.4, 0.5) is 0 Å². The summed E-state index contributed by atoms with van der Waals surface area (Å²) in [6.07, 6.45) is -0.00806. The van der Waals surface area contributed by atoms with E-state index < -0.39 is 11.9 Å². The monoisotopic (exact) mass is 412 g/mol. The highest BCUT2D eigenvalue weighted by Crippen LogP contribution is 2.28. The Hall–Kier alpha value is -2.05. The Balaban J connectivity index is 2.25. The zero-order valence-corrected chi connectivity index (χ0v) is 15.2. The second-order valence-electron chi connectivity index (χ2n) is 5.15. The number of rotatable bonds is 5. The van der Waals surface area contributed by atoms with E-state index in [1.165, 1.54) is 18.2 Å². The number of aromatic carboxylic acids is 1. The smallest absolute Gasteiger partial charge is 0.343 e. The summed E-state index contributed by atoms with van der Waals surface area (Å²) in [6.45, 7) is 3.78. The van der Waals surface area contributed by atoms with Crippen molar-refractivity contribution in [1.29, 1.82) is 0 Å². The first-order valence-corrected chi connectivity index (χ1v) is 8.16. The van der Waals surface area contributed by atoms with Gasteiger partial charge in [-0.15, -0.1) is 0 Å². The minimum absolute atomic E-state index is 0.00806. The van der Waals surface area contributed by atoms with Crippen LogP contribution >= 0.6 is 27.5 Å². The van der Waals surface area contributed by atoms with Gasteiger partial charge in [0.05, 0.1) is 16.1 Å². The van der Waals surface area contributed by atoms with Crippen LogP contribution in [0.15, 0.2) is 40.9 Å². The lowest BCUT2D eigenvalue weighted by molar-refractivity contribution is 0.0681. The second-order valence-corrected chi connectivity index (χ2v) is 6.44. The van der Waals surface area contributed by atoms with E-state index in [1.807, 2.05) is 13.8 Å². The maximum absolute atomic E-state index is 12.2. The van der Waals surface area contributed by atoms with Crippen molar-refractivity contribution in [3.8, 4) is 11.5 Å². The molecule has 7 heteroatoms. The molecule has 0 amide bonds. The molecule has 0 aliphatic rings. The molecular formula is C17H14BrClO5. The molecule has 0 aliphatic carbocycles. The third-order valence-electron chi connectivity index (χ3n) is 2.90. The summed E-state index contributed by atoms with van der Waals surface area (Å²) >= 11 is 9.10.